The topological polar surface area (TPSA) is 519 Å². The number of hydrogen-bond donors (Lipinski definition) is 7. The van der Waals surface area contributed by atoms with Crippen LogP contribution in [0.4, 0.5) is 16.2 Å². The Morgan fingerprint density at radius 2 is 1.43 bits per heavy atom. The van der Waals surface area contributed by atoms with E-state index in [4.69, 9.17) is 39.5 Å². The van der Waals surface area contributed by atoms with Crippen molar-refractivity contribution in [1.82, 2.24) is 43.6 Å². The lowest BCUT2D eigenvalue weighted by Gasteiger charge is -2.35. The Hall–Kier alpha value is -4.65. The molecule has 5 aromatic rings. The van der Waals surface area contributed by atoms with E-state index in [-0.39, 0.29) is 34.1 Å². The number of aryl methyl sites for hydroxylation is 1. The molecule has 7 unspecified atom stereocenters. The summed E-state index contributed by atoms with van der Waals surface area (Å²) in [5, 5.41) is 32.0. The van der Waals surface area contributed by atoms with Gasteiger partial charge in [-0.15, -0.1) is 0 Å². The maximum atomic E-state index is 16.4. The number of nitrogens with one attached hydrogen (secondary N) is 2. The molecule has 8 heterocycles. The van der Waals surface area contributed by atoms with Gasteiger partial charge in [0.15, 0.2) is 36.4 Å². The molecule has 0 spiro atoms. The Morgan fingerprint density at radius 1 is 0.806 bits per heavy atom. The maximum absolute atomic E-state index is 16.4. The minimum Gasteiger partial charge on any atom is -0.756 e. The molecule has 0 aliphatic carbocycles. The molecule has 72 heavy (non-hydrogen) atoms. The van der Waals surface area contributed by atoms with Gasteiger partial charge >= 0.3 is 11.3 Å². The van der Waals surface area contributed by atoms with E-state index in [0.29, 0.717) is 4.57 Å². The van der Waals surface area contributed by atoms with E-state index in [2.05, 4.69) is 42.6 Å². The van der Waals surface area contributed by atoms with Crippen molar-refractivity contribution in [2.75, 3.05) is 38.4 Å². The molecule has 3 aliphatic rings. The second-order valence-electron chi connectivity index (χ2n) is 15.6. The molecule has 41 heteroatoms. The summed E-state index contributed by atoms with van der Waals surface area (Å²) in [7, 11) is -22.5. The predicted molar refractivity (Wildman–Crippen MR) is 218 cm³/mol. The molecule has 9 N–H and O–H groups in total. The SMILES string of the molecule is CO[C@@H]1C(O)[C@H]([n+]2cn(C)c3c(=O)[nH]c(N)nc32)O[C@@H]1COP(=O)([O-])OP(=O)([O-])OP(=O)([O-])OC[C@H]1O[C@@H](n2cnc3c(N)ncnc32)[C@@H](F)C1OP(=O)([O-])OC[C@H]1O[C@@H](n2ccc(=O)[nH]c2=O)[C@@H](O)C1O. The number of H-pyrrole nitrogens is 2. The third kappa shape index (κ3) is 11.1. The molecule has 3 aliphatic heterocycles. The zero-order chi connectivity index (χ0) is 52.4. The van der Waals surface area contributed by atoms with Gasteiger partial charge in [-0.3, -0.25) is 51.5 Å². The first-order chi connectivity index (χ1) is 33.7. The summed E-state index contributed by atoms with van der Waals surface area (Å²) in [6.07, 6.45) is -18.6. The number of alkyl halides is 1. The number of fused-ring (bicyclic) bond motifs is 2. The van der Waals surface area contributed by atoms with E-state index < -0.39 is 142 Å². The number of hydrogen-bond acceptors (Lipinski definition) is 30. The van der Waals surface area contributed by atoms with Crippen LogP contribution in [-0.2, 0) is 71.0 Å². The summed E-state index contributed by atoms with van der Waals surface area (Å²) in [5.74, 6) is -0.512. The normalized spacial score (nSPS) is 31.1. The molecule has 0 amide bonds. The number of aromatic amines is 2. The number of nitrogens with two attached hydrogens (primary N) is 2. The van der Waals surface area contributed by atoms with Gasteiger partial charge in [0.05, 0.1) is 33.2 Å². The fourth-order valence-corrected chi connectivity index (χ4v) is 12.1. The van der Waals surface area contributed by atoms with Crippen molar-refractivity contribution >= 4 is 65.4 Å². The van der Waals surface area contributed by atoms with E-state index in [1.807, 2.05) is 4.98 Å². The van der Waals surface area contributed by atoms with Crippen LogP contribution in [0.2, 0.25) is 0 Å². The Kier molecular flexibility index (Phi) is 15.1. The number of ether oxygens (including phenoxy) is 4. The number of imidazole rings is 2. The number of aliphatic hydroxyl groups excluding tert-OH is 3. The van der Waals surface area contributed by atoms with Crippen molar-refractivity contribution in [3.8, 4) is 0 Å². The highest BCUT2D eigenvalue weighted by molar-refractivity contribution is 7.65. The lowest BCUT2D eigenvalue weighted by Crippen LogP contribution is -2.46. The van der Waals surface area contributed by atoms with E-state index in [1.54, 1.807) is 0 Å². The fourth-order valence-electron chi connectivity index (χ4n) is 7.77. The second-order valence-corrected chi connectivity index (χ2v) is 21.4. The summed E-state index contributed by atoms with van der Waals surface area (Å²) < 4.78 is 120. The molecule has 8 rings (SSSR count). The molecule has 36 nitrogen and oxygen atoms in total. The number of halogens is 1. The summed E-state index contributed by atoms with van der Waals surface area (Å²) >= 11 is 0. The van der Waals surface area contributed by atoms with Crippen LogP contribution in [-0.4, -0.2) is 141 Å². The number of phosphoric ester groups is 3. The quantitative estimate of drug-likeness (QED) is 0.0299. The van der Waals surface area contributed by atoms with E-state index >= 15 is 4.39 Å². The Morgan fingerprint density at radius 3 is 2.08 bits per heavy atom. The first-order valence-corrected chi connectivity index (χ1v) is 26.0. The number of anilines is 2. The van der Waals surface area contributed by atoms with Crippen molar-refractivity contribution in [3.05, 3.63) is 62.4 Å². The van der Waals surface area contributed by atoms with Crippen LogP contribution in [0, 0.1) is 0 Å². The monoisotopic (exact) mass is 1110 g/mol. The van der Waals surface area contributed by atoms with Gasteiger partial charge in [-0.1, -0.05) is 4.98 Å². The Labute approximate surface area is 397 Å². The number of phosphoric acid groups is 4. The number of aliphatic hydroxyl groups is 3. The molecular weight excluding hydrogens is 1070 g/mol. The first kappa shape index (κ1) is 53.6. The predicted octanol–water partition coefficient (Wildman–Crippen LogP) is -6.43. The largest absolute Gasteiger partial charge is 0.756 e. The molecule has 0 saturated carbocycles. The summed E-state index contributed by atoms with van der Waals surface area (Å²) in [4.78, 5) is 107. The highest BCUT2D eigenvalue weighted by Crippen LogP contribution is 2.63. The smallest absolute Gasteiger partial charge is 0.330 e. The number of rotatable bonds is 19. The van der Waals surface area contributed by atoms with Crippen LogP contribution in [0.15, 0.2) is 45.6 Å². The van der Waals surface area contributed by atoms with Crippen LogP contribution in [0.3, 0.4) is 0 Å². The van der Waals surface area contributed by atoms with E-state index in [0.717, 1.165) is 41.2 Å². The maximum Gasteiger partial charge on any atom is 0.330 e. The summed E-state index contributed by atoms with van der Waals surface area (Å²) in [6, 6.07) is 0.878. The van der Waals surface area contributed by atoms with Gasteiger partial charge in [0.25, 0.3) is 48.4 Å². The molecule has 0 radical (unpaired) electrons. The van der Waals surface area contributed by atoms with Gasteiger partial charge in [0.2, 0.25) is 11.7 Å². The zero-order valence-corrected chi connectivity index (χ0v) is 39.8. The van der Waals surface area contributed by atoms with E-state index in [9.17, 15) is 67.5 Å². The standard InChI is InChI=1S/C31H41FN12O24P4/c1-41-10-44(25-17(41)26(49)40-30(34)39-25)29-20(48)22(59-2)13(65-29)7-62-71(55,56)68-72(57,58)67-70(53,54)61-6-12-21(15(32)27(64-12)43-9-37-16-23(33)35-8-36-24(16)43)66-69(51,52)60-5-11-18(46)19(47)28(63-11)42-4-3-14(45)38-31(42)50/h3-4,8-13,15,18-22,27-29,46-48H,5-7H2,1-2H3,(H9-,33,34,35,36,38,39,40,45,49,50,51,52,53,54,55,56,57,58)/p-3/t11-,12-,13-,15+,18?,19+,20?,21?,22+,27-,28-,29-/m1/s1. The first-order valence-electron chi connectivity index (χ1n) is 20.2. The lowest BCUT2D eigenvalue weighted by atomic mass is 10.1. The average molecular weight is 1110 g/mol. The summed E-state index contributed by atoms with van der Waals surface area (Å²) in [5.41, 5.74) is 8.49. The van der Waals surface area contributed by atoms with Gasteiger partial charge in [0, 0.05) is 19.4 Å². The minimum atomic E-state index is -6.61. The lowest BCUT2D eigenvalue weighted by molar-refractivity contribution is -0.745. The molecule has 3 fully saturated rings. The third-order valence-corrected chi connectivity index (χ3v) is 16.0. The molecule has 16 atom stereocenters. The van der Waals surface area contributed by atoms with E-state index in [1.165, 1.54) is 17.9 Å². The van der Waals surface area contributed by atoms with Crippen molar-refractivity contribution in [3.63, 3.8) is 0 Å². The number of nitrogens with zero attached hydrogens (tertiary/aromatic N) is 8. The molecule has 0 bridgehead atoms. The molecule has 5 aromatic heterocycles. The minimum absolute atomic E-state index is 0.0160. The summed E-state index contributed by atoms with van der Waals surface area (Å²) in [6.45, 7) is -3.89. The van der Waals surface area contributed by atoms with Crippen molar-refractivity contribution in [2.24, 2.45) is 7.05 Å². The van der Waals surface area contributed by atoms with Crippen LogP contribution in [0.1, 0.15) is 18.7 Å². The highest BCUT2D eigenvalue weighted by atomic mass is 31.3. The average Bonchev–Trinajstić information content (AvgIpc) is 4.07. The van der Waals surface area contributed by atoms with Gasteiger partial charge in [-0.05, 0) is 0 Å². The van der Waals surface area contributed by atoms with Crippen molar-refractivity contribution in [2.45, 2.75) is 73.7 Å². The van der Waals surface area contributed by atoms with Gasteiger partial charge in [-0.25, -0.2) is 37.3 Å². The van der Waals surface area contributed by atoms with Crippen LogP contribution in [0.25, 0.3) is 22.3 Å². The third-order valence-electron chi connectivity index (χ3n) is 10.9. The van der Waals surface area contributed by atoms with Crippen LogP contribution >= 0.6 is 31.3 Å². The number of nitrogen functional groups attached to an aromatic ring is 2. The number of aromatic nitrogens is 10. The van der Waals surface area contributed by atoms with Gasteiger partial charge in [-0.2, -0.15) is 0 Å². The van der Waals surface area contributed by atoms with Crippen LogP contribution < -0.4 is 52.4 Å². The molecular formula is C31H38FN12O24P4-3. The molecule has 0 aromatic carbocycles. The van der Waals surface area contributed by atoms with Gasteiger partial charge in [0.1, 0.15) is 60.7 Å². The van der Waals surface area contributed by atoms with Crippen LogP contribution in [0.5, 0.6) is 0 Å². The molecule has 3 saturated heterocycles. The van der Waals surface area contributed by atoms with Gasteiger partial charge < -0.3 is 83.4 Å². The molecule has 396 valence electrons. The Bertz CT molecular complexity index is 3230. The van der Waals surface area contributed by atoms with Crippen molar-refractivity contribution in [1.29, 1.82) is 0 Å². The second kappa shape index (κ2) is 20.2. The van der Waals surface area contributed by atoms with Crippen molar-refractivity contribution < 1.29 is 108 Å². The fraction of sp³-hybridized carbons (Fsp3) is 0.548. The highest BCUT2D eigenvalue weighted by Gasteiger charge is 2.52. The Balaban J connectivity index is 0.923. The zero-order valence-electron chi connectivity index (χ0n) is 36.3. The number of methoxy groups -OCH3 is 1.